The van der Waals surface area contributed by atoms with Gasteiger partial charge < -0.3 is 14.6 Å². The number of hydrogen-bond acceptors (Lipinski definition) is 5. The summed E-state index contributed by atoms with van der Waals surface area (Å²) in [6.07, 6.45) is 13.2. The smallest absolute Gasteiger partial charge is 0.219 e. The summed E-state index contributed by atoms with van der Waals surface area (Å²) < 4.78 is 31.7. The fourth-order valence-corrected chi connectivity index (χ4v) is 5.18. The van der Waals surface area contributed by atoms with Crippen molar-refractivity contribution < 1.29 is 17.9 Å². The predicted molar refractivity (Wildman–Crippen MR) is 129 cm³/mol. The Balaban J connectivity index is 1.50. The number of ether oxygens (including phenoxy) is 1. The summed E-state index contributed by atoms with van der Waals surface area (Å²) in [6.45, 7) is 6.16. The topological polar surface area (TPSA) is 104 Å². The van der Waals surface area contributed by atoms with E-state index in [0.29, 0.717) is 12.5 Å². The Morgan fingerprint density at radius 2 is 2.21 bits per heavy atom. The molecule has 1 aliphatic carbocycles. The number of rotatable bonds is 7. The molecule has 3 heterocycles. The number of H-pyrrole nitrogens is 1. The lowest BCUT2D eigenvalue weighted by Crippen LogP contribution is -2.40. The van der Waals surface area contributed by atoms with E-state index in [1.807, 2.05) is 23.2 Å². The monoisotopic (exact) mass is 472 g/mol. The van der Waals surface area contributed by atoms with Crippen LogP contribution < -0.4 is 9.46 Å². The van der Waals surface area contributed by atoms with Gasteiger partial charge in [-0.1, -0.05) is 25.2 Å². The third-order valence-corrected chi connectivity index (χ3v) is 7.13. The molecule has 2 unspecified atom stereocenters. The number of nitrogens with one attached hydrogen (secondary N) is 2. The molecule has 0 saturated carbocycles. The van der Waals surface area contributed by atoms with Gasteiger partial charge in [0.25, 0.3) is 0 Å². The van der Waals surface area contributed by atoms with Gasteiger partial charge >= 0.3 is 0 Å². The van der Waals surface area contributed by atoms with Crippen LogP contribution in [0.3, 0.4) is 0 Å². The minimum atomic E-state index is -3.23. The van der Waals surface area contributed by atoms with Crippen molar-refractivity contribution in [3.05, 3.63) is 47.8 Å². The molecule has 9 heteroatoms. The van der Waals surface area contributed by atoms with E-state index in [2.05, 4.69) is 33.8 Å². The number of carbonyl (C=O) groups excluding carboxylic acids is 1. The predicted octanol–water partition coefficient (Wildman–Crippen LogP) is 2.97. The molecule has 1 fully saturated rings. The first-order valence-corrected chi connectivity index (χ1v) is 13.3. The van der Waals surface area contributed by atoms with Crippen LogP contribution in [0.15, 0.2) is 42.3 Å². The molecule has 0 bridgehead atoms. The van der Waals surface area contributed by atoms with Crippen LogP contribution in [0.2, 0.25) is 0 Å². The average molecular weight is 473 g/mol. The van der Waals surface area contributed by atoms with Crippen LogP contribution in [-0.2, 0) is 14.8 Å². The van der Waals surface area contributed by atoms with E-state index in [-0.39, 0.29) is 24.3 Å². The van der Waals surface area contributed by atoms with E-state index in [1.54, 1.807) is 13.1 Å². The van der Waals surface area contributed by atoms with Gasteiger partial charge in [0.2, 0.25) is 15.9 Å². The lowest BCUT2D eigenvalue weighted by atomic mass is 9.82. The molecule has 2 aromatic heterocycles. The van der Waals surface area contributed by atoms with E-state index in [1.165, 1.54) is 0 Å². The molecule has 4 rings (SSSR count). The minimum Gasteiger partial charge on any atom is -0.492 e. The zero-order valence-corrected chi connectivity index (χ0v) is 20.2. The summed E-state index contributed by atoms with van der Waals surface area (Å²) in [5.41, 5.74) is 2.84. The summed E-state index contributed by atoms with van der Waals surface area (Å²) in [5.74, 6) is 1.53. The molecular weight excluding hydrogens is 440 g/mol. The Morgan fingerprint density at radius 1 is 1.39 bits per heavy atom. The van der Waals surface area contributed by atoms with Crippen LogP contribution in [0.1, 0.15) is 38.2 Å². The number of hydrogen-bond donors (Lipinski definition) is 2. The van der Waals surface area contributed by atoms with Crippen molar-refractivity contribution >= 4 is 27.0 Å². The lowest BCUT2D eigenvalue weighted by Gasteiger charge is -2.32. The highest BCUT2D eigenvalue weighted by atomic mass is 32.2. The Labute approximate surface area is 195 Å². The van der Waals surface area contributed by atoms with Gasteiger partial charge in [-0.3, -0.25) is 4.79 Å². The van der Waals surface area contributed by atoms with Crippen LogP contribution in [0.5, 0.6) is 5.75 Å². The summed E-state index contributed by atoms with van der Waals surface area (Å²) in [4.78, 5) is 21.4. The van der Waals surface area contributed by atoms with Gasteiger partial charge in [-0.2, -0.15) is 0 Å². The van der Waals surface area contributed by atoms with Gasteiger partial charge in [0.15, 0.2) is 0 Å². The van der Waals surface area contributed by atoms with Crippen molar-refractivity contribution in [3.8, 4) is 5.75 Å². The number of pyridine rings is 1. The van der Waals surface area contributed by atoms with E-state index in [9.17, 15) is 13.2 Å². The molecule has 0 aromatic carbocycles. The normalized spacial score (nSPS) is 23.5. The average Bonchev–Trinajstić information content (AvgIpc) is 3.20. The first-order chi connectivity index (χ1) is 15.7. The Morgan fingerprint density at radius 3 is 2.94 bits per heavy atom. The second-order valence-electron chi connectivity index (χ2n) is 9.14. The number of nitrogens with zero attached hydrogens (tertiary/aromatic N) is 2. The summed E-state index contributed by atoms with van der Waals surface area (Å²) >= 11 is 0. The van der Waals surface area contributed by atoms with Crippen molar-refractivity contribution in [2.24, 2.45) is 11.8 Å². The molecule has 3 atom stereocenters. The van der Waals surface area contributed by atoms with Crippen LogP contribution in [0.4, 0.5) is 0 Å². The molecule has 1 aliphatic heterocycles. The van der Waals surface area contributed by atoms with Crippen molar-refractivity contribution in [2.45, 2.75) is 32.6 Å². The van der Waals surface area contributed by atoms with E-state index in [0.717, 1.165) is 60.1 Å². The molecule has 8 nitrogen and oxygen atoms in total. The fourth-order valence-electron chi connectivity index (χ4n) is 4.75. The number of likely N-dealkylation sites (tertiary alicyclic amines) is 1. The molecule has 1 saturated heterocycles. The van der Waals surface area contributed by atoms with Crippen LogP contribution in [0.25, 0.3) is 11.0 Å². The van der Waals surface area contributed by atoms with Gasteiger partial charge in [-0.25, -0.2) is 18.1 Å². The number of sulfonamides is 1. The standard InChI is InChI=1S/C24H32N4O4S/c1-16-11-18(12-27-33(3,30)31)6-7-20(16)21-13-26-24-23(21)22(8-9-25-24)32-15-19-5-4-10-28(14-19)17(2)29/h6-9,11,13,16,19-20,27H,4-5,10,12,14-15H2,1-3H3,(H,25,26)/t16?,19-,20?/m1/s1. The maximum Gasteiger partial charge on any atom is 0.219 e. The maximum atomic E-state index is 11.8. The third-order valence-electron chi connectivity index (χ3n) is 6.46. The SMILES string of the molecule is CC(=O)N1CCC[C@@H](COc2ccnc3[nH]cc(C4C=CC(CNS(C)(=O)=O)=CC4C)c23)C1. The summed E-state index contributed by atoms with van der Waals surface area (Å²) in [5, 5.41) is 0.976. The van der Waals surface area contributed by atoms with E-state index < -0.39 is 10.0 Å². The van der Waals surface area contributed by atoms with Gasteiger partial charge in [0.05, 0.1) is 18.2 Å². The number of allylic oxidation sites excluding steroid dienone is 2. The van der Waals surface area contributed by atoms with Crippen LogP contribution >= 0.6 is 0 Å². The number of aromatic nitrogens is 2. The first kappa shape index (κ1) is 23.5. The molecule has 2 aliphatic rings. The molecule has 0 spiro atoms. The molecule has 0 radical (unpaired) electrons. The molecule has 1 amide bonds. The third kappa shape index (κ3) is 5.65. The highest BCUT2D eigenvalue weighted by molar-refractivity contribution is 7.88. The van der Waals surface area contributed by atoms with Gasteiger partial charge in [0, 0.05) is 50.8 Å². The highest BCUT2D eigenvalue weighted by Gasteiger charge is 2.26. The zero-order valence-electron chi connectivity index (χ0n) is 19.4. The summed E-state index contributed by atoms with van der Waals surface area (Å²) in [7, 11) is -3.23. The van der Waals surface area contributed by atoms with E-state index in [4.69, 9.17) is 4.74 Å². The quantitative estimate of drug-likeness (QED) is 0.645. The Bertz CT molecular complexity index is 1180. The maximum absolute atomic E-state index is 11.8. The number of amides is 1. The second kappa shape index (κ2) is 9.69. The number of piperidine rings is 1. The highest BCUT2D eigenvalue weighted by Crippen LogP contribution is 2.39. The minimum absolute atomic E-state index is 0.121. The molecular formula is C24H32N4O4S. The van der Waals surface area contributed by atoms with Crippen molar-refractivity contribution in [2.75, 3.05) is 32.5 Å². The molecule has 178 valence electrons. The van der Waals surface area contributed by atoms with E-state index >= 15 is 0 Å². The lowest BCUT2D eigenvalue weighted by molar-refractivity contribution is -0.130. The molecule has 2 N–H and O–H groups in total. The molecule has 2 aromatic rings. The zero-order chi connectivity index (χ0) is 23.6. The first-order valence-electron chi connectivity index (χ1n) is 11.4. The summed E-state index contributed by atoms with van der Waals surface area (Å²) in [6, 6.07) is 1.90. The van der Waals surface area contributed by atoms with Crippen LogP contribution in [0, 0.1) is 11.8 Å². The van der Waals surface area contributed by atoms with Crippen molar-refractivity contribution in [1.82, 2.24) is 19.6 Å². The van der Waals surface area contributed by atoms with Crippen LogP contribution in [-0.4, -0.2) is 61.7 Å². The Hall–Kier alpha value is -2.65. The molecule has 33 heavy (non-hydrogen) atoms. The van der Waals surface area contributed by atoms with Gasteiger partial charge in [-0.05, 0) is 36.0 Å². The fraction of sp³-hybridized carbons (Fsp3) is 0.500. The number of carbonyl (C=O) groups is 1. The van der Waals surface area contributed by atoms with Crippen molar-refractivity contribution in [3.63, 3.8) is 0 Å². The van der Waals surface area contributed by atoms with Crippen molar-refractivity contribution in [1.29, 1.82) is 0 Å². The van der Waals surface area contributed by atoms with Gasteiger partial charge in [-0.15, -0.1) is 0 Å². The largest absolute Gasteiger partial charge is 0.492 e. The number of fused-ring (bicyclic) bond motifs is 1. The second-order valence-corrected chi connectivity index (χ2v) is 11.0. The Kier molecular flexibility index (Phi) is 6.90. The number of aromatic amines is 1. The van der Waals surface area contributed by atoms with Gasteiger partial charge in [0.1, 0.15) is 11.4 Å².